The van der Waals surface area contributed by atoms with Crippen LogP contribution in [0.4, 0.5) is 17.1 Å². The van der Waals surface area contributed by atoms with Crippen molar-refractivity contribution in [3.63, 3.8) is 0 Å². The van der Waals surface area contributed by atoms with Gasteiger partial charge in [-0.05, 0) is 76.2 Å². The van der Waals surface area contributed by atoms with Gasteiger partial charge in [0, 0.05) is 58.8 Å². The molecule has 7 aromatic carbocycles. The van der Waals surface area contributed by atoms with Gasteiger partial charge in [0.05, 0.1) is 0 Å². The molecule has 0 saturated heterocycles. The largest absolute Gasteiger partial charge is 0.455 e. The van der Waals surface area contributed by atoms with Gasteiger partial charge in [0.1, 0.15) is 11.2 Å². The molecule has 0 saturated carbocycles. The van der Waals surface area contributed by atoms with E-state index in [4.69, 9.17) is 4.42 Å². The van der Waals surface area contributed by atoms with Crippen LogP contribution in [0.25, 0.3) is 64.0 Å². The molecule has 9 aromatic rings. The van der Waals surface area contributed by atoms with Crippen molar-refractivity contribution in [1.29, 1.82) is 0 Å². The third-order valence-corrected chi connectivity index (χ3v) is 11.2. The highest BCUT2D eigenvalue weighted by Gasteiger charge is 2.35. The van der Waals surface area contributed by atoms with Crippen LogP contribution in [-0.2, 0) is 5.41 Å². The summed E-state index contributed by atoms with van der Waals surface area (Å²) in [5, 5.41) is 7.37. The van der Waals surface area contributed by atoms with Gasteiger partial charge >= 0.3 is 0 Å². The fourth-order valence-electron chi connectivity index (χ4n) is 7.88. The number of furan rings is 1. The average molecular weight is 608 g/mol. The number of hydrogen-bond acceptors (Lipinski definition) is 3. The zero-order chi connectivity index (χ0) is 30.6. The number of hydrogen-bond donors (Lipinski definition) is 0. The van der Waals surface area contributed by atoms with Gasteiger partial charge < -0.3 is 9.32 Å². The zero-order valence-corrected chi connectivity index (χ0v) is 26.4. The van der Waals surface area contributed by atoms with Crippen LogP contribution in [0.3, 0.4) is 0 Å². The number of thiophene rings is 1. The van der Waals surface area contributed by atoms with Crippen molar-refractivity contribution in [2.45, 2.75) is 19.3 Å². The Bertz CT molecular complexity index is 2680. The molecule has 2 aromatic heterocycles. The SMILES string of the molecule is CC1(C)c2ccccc2-c2ccc(N(c3ccccc3)c3ccc4oc5c6ccccc6c6c7ccccc7sc6c5c4c3)cc21. The molecule has 218 valence electrons. The minimum atomic E-state index is -0.0805. The number of anilines is 3. The summed E-state index contributed by atoms with van der Waals surface area (Å²) in [4.78, 5) is 2.39. The topological polar surface area (TPSA) is 16.4 Å². The second-order valence-corrected chi connectivity index (χ2v) is 14.0. The second kappa shape index (κ2) is 9.32. The number of rotatable bonds is 3. The summed E-state index contributed by atoms with van der Waals surface area (Å²) >= 11 is 1.87. The Kier molecular flexibility index (Phi) is 5.25. The van der Waals surface area contributed by atoms with Crippen molar-refractivity contribution >= 4 is 81.3 Å². The Morgan fingerprint density at radius 1 is 0.522 bits per heavy atom. The first kappa shape index (κ1) is 25.9. The summed E-state index contributed by atoms with van der Waals surface area (Å²) < 4.78 is 9.31. The molecule has 0 spiro atoms. The normalized spacial score (nSPS) is 13.6. The minimum absolute atomic E-state index is 0.0805. The minimum Gasteiger partial charge on any atom is -0.455 e. The maximum Gasteiger partial charge on any atom is 0.144 e. The van der Waals surface area contributed by atoms with E-state index >= 15 is 0 Å². The fraction of sp³-hybridized carbons (Fsp3) is 0.0698. The van der Waals surface area contributed by atoms with E-state index in [0.717, 1.165) is 39.0 Å². The Balaban J connectivity index is 1.25. The summed E-state index contributed by atoms with van der Waals surface area (Å²) in [7, 11) is 0. The Hall–Kier alpha value is -5.38. The van der Waals surface area contributed by atoms with E-state index in [0.29, 0.717) is 0 Å². The van der Waals surface area contributed by atoms with E-state index in [9.17, 15) is 0 Å². The molecule has 0 aliphatic heterocycles. The quantitative estimate of drug-likeness (QED) is 0.199. The van der Waals surface area contributed by atoms with E-state index in [-0.39, 0.29) is 5.41 Å². The summed E-state index contributed by atoms with van der Waals surface area (Å²) in [5.74, 6) is 0. The van der Waals surface area contributed by atoms with Crippen molar-refractivity contribution < 1.29 is 4.42 Å². The van der Waals surface area contributed by atoms with Crippen molar-refractivity contribution in [2.75, 3.05) is 4.90 Å². The molecule has 3 heteroatoms. The van der Waals surface area contributed by atoms with Crippen LogP contribution in [0.1, 0.15) is 25.0 Å². The Morgan fingerprint density at radius 3 is 2.07 bits per heavy atom. The standard InChI is InChI=1S/C43H29NOS/c1-43(2)35-18-10-8-14-29(35)30-22-20-28(25-36(30)43)44(26-12-4-3-5-13-26)27-21-23-37-34(24-27)40-41(45-37)32-16-7-6-15-31(32)39-33-17-9-11-19-38(33)46-42(39)40/h3-25H,1-2H3. The van der Waals surface area contributed by atoms with Crippen LogP contribution in [0.15, 0.2) is 144 Å². The van der Waals surface area contributed by atoms with Gasteiger partial charge in [-0.25, -0.2) is 0 Å². The van der Waals surface area contributed by atoms with Crippen LogP contribution >= 0.6 is 11.3 Å². The molecular weight excluding hydrogens is 579 g/mol. The van der Waals surface area contributed by atoms with Crippen LogP contribution in [-0.4, -0.2) is 0 Å². The first-order valence-electron chi connectivity index (χ1n) is 15.9. The van der Waals surface area contributed by atoms with E-state index in [1.165, 1.54) is 53.2 Å². The number of para-hydroxylation sites is 1. The maximum absolute atomic E-state index is 6.73. The van der Waals surface area contributed by atoms with Crippen molar-refractivity contribution in [1.82, 2.24) is 0 Å². The molecule has 2 heterocycles. The molecule has 0 fully saturated rings. The monoisotopic (exact) mass is 607 g/mol. The Labute approximate surface area is 270 Å². The van der Waals surface area contributed by atoms with E-state index in [1.54, 1.807) is 0 Å². The lowest BCUT2D eigenvalue weighted by Crippen LogP contribution is -2.16. The lowest BCUT2D eigenvalue weighted by atomic mass is 9.82. The molecule has 2 nitrogen and oxygen atoms in total. The molecule has 0 atom stereocenters. The highest BCUT2D eigenvalue weighted by atomic mass is 32.1. The highest BCUT2D eigenvalue weighted by molar-refractivity contribution is 7.27. The van der Waals surface area contributed by atoms with Gasteiger partial charge in [-0.3, -0.25) is 0 Å². The summed E-state index contributed by atoms with van der Waals surface area (Å²) in [6, 6.07) is 50.7. The van der Waals surface area contributed by atoms with Crippen LogP contribution in [0.5, 0.6) is 0 Å². The Morgan fingerprint density at radius 2 is 1.20 bits per heavy atom. The molecule has 0 radical (unpaired) electrons. The van der Waals surface area contributed by atoms with Gasteiger partial charge in [0.25, 0.3) is 0 Å². The average Bonchev–Trinajstić information content (AvgIpc) is 3.74. The molecule has 10 rings (SSSR count). The van der Waals surface area contributed by atoms with Gasteiger partial charge in [-0.15, -0.1) is 11.3 Å². The number of benzene rings is 7. The van der Waals surface area contributed by atoms with E-state index in [2.05, 4.69) is 158 Å². The number of nitrogens with zero attached hydrogens (tertiary/aromatic N) is 1. The van der Waals surface area contributed by atoms with Crippen molar-refractivity contribution in [2.24, 2.45) is 0 Å². The summed E-state index contributed by atoms with van der Waals surface area (Å²) in [5.41, 5.74) is 10.6. The molecule has 1 aliphatic rings. The molecule has 1 aliphatic carbocycles. The van der Waals surface area contributed by atoms with Gasteiger partial charge in [-0.2, -0.15) is 0 Å². The second-order valence-electron chi connectivity index (χ2n) is 12.9. The molecule has 46 heavy (non-hydrogen) atoms. The van der Waals surface area contributed by atoms with E-state index < -0.39 is 0 Å². The van der Waals surface area contributed by atoms with Gasteiger partial charge in [0.2, 0.25) is 0 Å². The first-order valence-corrected chi connectivity index (χ1v) is 16.7. The van der Waals surface area contributed by atoms with Gasteiger partial charge in [0.15, 0.2) is 0 Å². The molecule has 0 N–H and O–H groups in total. The maximum atomic E-state index is 6.73. The van der Waals surface area contributed by atoms with Crippen LogP contribution < -0.4 is 4.90 Å². The summed E-state index contributed by atoms with van der Waals surface area (Å²) in [6.07, 6.45) is 0. The number of fused-ring (bicyclic) bond motifs is 13. The fourth-order valence-corrected chi connectivity index (χ4v) is 9.16. The lowest BCUT2D eigenvalue weighted by molar-refractivity contribution is 0.660. The van der Waals surface area contributed by atoms with Crippen molar-refractivity contribution in [3.05, 3.63) is 151 Å². The molecule has 0 unspecified atom stereocenters. The highest BCUT2D eigenvalue weighted by Crippen LogP contribution is 2.52. The molecule has 0 amide bonds. The predicted molar refractivity (Wildman–Crippen MR) is 196 cm³/mol. The first-order chi connectivity index (χ1) is 22.6. The predicted octanol–water partition coefficient (Wildman–Crippen LogP) is 12.9. The van der Waals surface area contributed by atoms with Crippen LogP contribution in [0.2, 0.25) is 0 Å². The molecular formula is C43H29NOS. The lowest BCUT2D eigenvalue weighted by Gasteiger charge is -2.28. The smallest absolute Gasteiger partial charge is 0.144 e. The molecule has 0 bridgehead atoms. The zero-order valence-electron chi connectivity index (χ0n) is 25.5. The van der Waals surface area contributed by atoms with Gasteiger partial charge in [-0.1, -0.05) is 105 Å². The van der Waals surface area contributed by atoms with Crippen LogP contribution in [0, 0.1) is 0 Å². The van der Waals surface area contributed by atoms with E-state index in [1.807, 2.05) is 11.3 Å². The third kappa shape index (κ3) is 3.46. The van der Waals surface area contributed by atoms with Crippen molar-refractivity contribution in [3.8, 4) is 11.1 Å². The summed E-state index contributed by atoms with van der Waals surface area (Å²) in [6.45, 7) is 4.69. The third-order valence-electron chi connectivity index (χ3n) is 10.0.